The third-order valence-electron chi connectivity index (χ3n) is 3.12. The van der Waals surface area contributed by atoms with E-state index < -0.39 is 0 Å². The molecule has 0 bridgehead atoms. The van der Waals surface area contributed by atoms with E-state index in [0.717, 1.165) is 22.4 Å². The monoisotopic (exact) mass is 391 g/mol. The minimum Gasteiger partial charge on any atom is -0.492 e. The van der Waals surface area contributed by atoms with Gasteiger partial charge in [0.2, 0.25) is 0 Å². The van der Waals surface area contributed by atoms with E-state index in [1.54, 1.807) is 18.2 Å². The highest BCUT2D eigenvalue weighted by Gasteiger charge is 2.10. The Hall–Kier alpha value is -2.01. The Kier molecular flexibility index (Phi) is 6.67. The highest BCUT2D eigenvalue weighted by Crippen LogP contribution is 2.27. The maximum atomic E-state index is 12.4. The zero-order valence-electron chi connectivity index (χ0n) is 14.1. The predicted octanol–water partition coefficient (Wildman–Crippen LogP) is 5.28. The molecule has 0 heterocycles. The minimum absolute atomic E-state index is 0.0857. The summed E-state index contributed by atoms with van der Waals surface area (Å²) in [7, 11) is 0. The molecule has 4 nitrogen and oxygen atoms in total. The molecule has 2 rings (SSSR count). The summed E-state index contributed by atoms with van der Waals surface area (Å²) in [5.74, 6) is 1.28. The Morgan fingerprint density at radius 3 is 2.67 bits per heavy atom. The number of anilines is 1. The fourth-order valence-electron chi connectivity index (χ4n) is 2.09. The number of rotatable bonds is 7. The average molecular weight is 392 g/mol. The van der Waals surface area contributed by atoms with Gasteiger partial charge in [-0.1, -0.05) is 13.0 Å². The van der Waals surface area contributed by atoms with E-state index in [9.17, 15) is 4.79 Å². The summed E-state index contributed by atoms with van der Waals surface area (Å²) in [4.78, 5) is 12.4. The van der Waals surface area contributed by atoms with Gasteiger partial charge in [0.25, 0.3) is 5.91 Å². The van der Waals surface area contributed by atoms with Gasteiger partial charge in [0.1, 0.15) is 11.5 Å². The Labute approximate surface area is 151 Å². The van der Waals surface area contributed by atoms with Gasteiger partial charge in [-0.05, 0) is 66.5 Å². The molecular weight excluding hydrogens is 370 g/mol. The second kappa shape index (κ2) is 8.73. The summed E-state index contributed by atoms with van der Waals surface area (Å²) in [6.45, 7) is 6.62. The molecule has 0 aromatic heterocycles. The van der Waals surface area contributed by atoms with E-state index in [-0.39, 0.29) is 12.0 Å². The number of amides is 1. The smallest absolute Gasteiger partial charge is 0.255 e. The molecule has 0 atom stereocenters. The van der Waals surface area contributed by atoms with Crippen molar-refractivity contribution in [2.75, 3.05) is 11.9 Å². The van der Waals surface area contributed by atoms with Crippen molar-refractivity contribution in [1.82, 2.24) is 0 Å². The third kappa shape index (κ3) is 5.27. The van der Waals surface area contributed by atoms with E-state index in [2.05, 4.69) is 21.2 Å². The SMILES string of the molecule is CCCOc1ccc(C(=O)Nc2cccc(OC(C)C)c2)cc1Br. The second-order valence-electron chi connectivity index (χ2n) is 5.64. The lowest BCUT2D eigenvalue weighted by atomic mass is 10.2. The molecule has 0 spiro atoms. The van der Waals surface area contributed by atoms with Crippen LogP contribution in [0, 0.1) is 0 Å². The van der Waals surface area contributed by atoms with Crippen LogP contribution in [0.5, 0.6) is 11.5 Å². The fraction of sp³-hybridized carbons (Fsp3) is 0.316. The molecule has 0 aliphatic carbocycles. The van der Waals surface area contributed by atoms with Crippen LogP contribution in [0.25, 0.3) is 0 Å². The molecule has 0 aliphatic heterocycles. The van der Waals surface area contributed by atoms with E-state index in [1.165, 1.54) is 0 Å². The van der Waals surface area contributed by atoms with Gasteiger partial charge in [0.15, 0.2) is 0 Å². The van der Waals surface area contributed by atoms with Crippen molar-refractivity contribution < 1.29 is 14.3 Å². The molecule has 0 saturated carbocycles. The number of nitrogens with one attached hydrogen (secondary N) is 1. The molecule has 5 heteroatoms. The molecule has 0 unspecified atom stereocenters. The van der Waals surface area contributed by atoms with Gasteiger partial charge >= 0.3 is 0 Å². The summed E-state index contributed by atoms with van der Waals surface area (Å²) >= 11 is 3.44. The molecule has 1 N–H and O–H groups in total. The summed E-state index contributed by atoms with van der Waals surface area (Å²) in [6.07, 6.45) is 1.02. The number of halogens is 1. The highest BCUT2D eigenvalue weighted by molar-refractivity contribution is 9.10. The first-order chi connectivity index (χ1) is 11.5. The highest BCUT2D eigenvalue weighted by atomic mass is 79.9. The summed E-state index contributed by atoms with van der Waals surface area (Å²) in [5.41, 5.74) is 1.25. The summed E-state index contributed by atoms with van der Waals surface area (Å²) in [5, 5.41) is 2.88. The van der Waals surface area contributed by atoms with E-state index in [4.69, 9.17) is 9.47 Å². The zero-order chi connectivity index (χ0) is 17.5. The quantitative estimate of drug-likeness (QED) is 0.698. The molecule has 2 aromatic rings. The topological polar surface area (TPSA) is 47.6 Å². The van der Waals surface area contributed by atoms with Gasteiger partial charge in [0, 0.05) is 17.3 Å². The number of hydrogen-bond acceptors (Lipinski definition) is 3. The number of benzene rings is 2. The normalized spacial score (nSPS) is 10.5. The van der Waals surface area contributed by atoms with Gasteiger partial charge in [-0.25, -0.2) is 0 Å². The van der Waals surface area contributed by atoms with Crippen LogP contribution in [0.15, 0.2) is 46.9 Å². The van der Waals surface area contributed by atoms with E-state index in [1.807, 2.05) is 45.0 Å². The van der Waals surface area contributed by atoms with Crippen molar-refractivity contribution in [3.8, 4) is 11.5 Å². The molecule has 24 heavy (non-hydrogen) atoms. The van der Waals surface area contributed by atoms with Crippen molar-refractivity contribution in [1.29, 1.82) is 0 Å². The lowest BCUT2D eigenvalue weighted by Crippen LogP contribution is -2.12. The largest absolute Gasteiger partial charge is 0.492 e. The maximum absolute atomic E-state index is 12.4. The van der Waals surface area contributed by atoms with Crippen LogP contribution in [0.2, 0.25) is 0 Å². The molecule has 2 aromatic carbocycles. The van der Waals surface area contributed by atoms with Crippen molar-refractivity contribution in [2.45, 2.75) is 33.3 Å². The molecule has 0 aliphatic rings. The maximum Gasteiger partial charge on any atom is 0.255 e. The first kappa shape index (κ1) is 18.3. The zero-order valence-corrected chi connectivity index (χ0v) is 15.7. The molecule has 0 fully saturated rings. The number of hydrogen-bond donors (Lipinski definition) is 1. The third-order valence-corrected chi connectivity index (χ3v) is 3.74. The Balaban J connectivity index is 2.08. The standard InChI is InChI=1S/C19H22BrNO3/c1-4-10-23-18-9-8-14(11-17(18)20)19(22)21-15-6-5-7-16(12-15)24-13(2)3/h5-9,11-13H,4,10H2,1-3H3,(H,21,22). The lowest BCUT2D eigenvalue weighted by Gasteiger charge is -2.12. The fourth-order valence-corrected chi connectivity index (χ4v) is 2.59. The Morgan fingerprint density at radius 2 is 2.00 bits per heavy atom. The van der Waals surface area contributed by atoms with Crippen LogP contribution in [0.1, 0.15) is 37.6 Å². The molecule has 0 radical (unpaired) electrons. The molecule has 0 saturated heterocycles. The molecule has 1 amide bonds. The van der Waals surface area contributed by atoms with Crippen molar-refractivity contribution >= 4 is 27.5 Å². The van der Waals surface area contributed by atoms with Gasteiger partial charge in [-0.15, -0.1) is 0 Å². The van der Waals surface area contributed by atoms with Gasteiger partial charge < -0.3 is 14.8 Å². The van der Waals surface area contributed by atoms with Crippen LogP contribution in [-0.4, -0.2) is 18.6 Å². The van der Waals surface area contributed by atoms with Crippen molar-refractivity contribution in [3.05, 3.63) is 52.5 Å². The van der Waals surface area contributed by atoms with Crippen LogP contribution in [-0.2, 0) is 0 Å². The van der Waals surface area contributed by atoms with Crippen LogP contribution < -0.4 is 14.8 Å². The van der Waals surface area contributed by atoms with E-state index >= 15 is 0 Å². The summed E-state index contributed by atoms with van der Waals surface area (Å²) < 4.78 is 12.0. The first-order valence-electron chi connectivity index (χ1n) is 8.00. The van der Waals surface area contributed by atoms with E-state index in [0.29, 0.717) is 17.9 Å². The van der Waals surface area contributed by atoms with Crippen LogP contribution in [0.4, 0.5) is 5.69 Å². The lowest BCUT2D eigenvalue weighted by molar-refractivity contribution is 0.102. The van der Waals surface area contributed by atoms with Crippen molar-refractivity contribution in [2.24, 2.45) is 0 Å². The summed E-state index contributed by atoms with van der Waals surface area (Å²) in [6, 6.07) is 12.7. The number of ether oxygens (including phenoxy) is 2. The van der Waals surface area contributed by atoms with Gasteiger partial charge in [-0.2, -0.15) is 0 Å². The minimum atomic E-state index is -0.181. The van der Waals surface area contributed by atoms with Crippen LogP contribution >= 0.6 is 15.9 Å². The van der Waals surface area contributed by atoms with Gasteiger partial charge in [-0.3, -0.25) is 4.79 Å². The molecular formula is C19H22BrNO3. The number of carbonyl (C=O) groups is 1. The second-order valence-corrected chi connectivity index (χ2v) is 6.50. The van der Waals surface area contributed by atoms with Crippen molar-refractivity contribution in [3.63, 3.8) is 0 Å². The Morgan fingerprint density at radius 1 is 1.21 bits per heavy atom. The average Bonchev–Trinajstić information content (AvgIpc) is 2.53. The van der Waals surface area contributed by atoms with Gasteiger partial charge in [0.05, 0.1) is 17.2 Å². The Bertz CT molecular complexity index is 701. The number of carbonyl (C=O) groups excluding carboxylic acids is 1. The van der Waals surface area contributed by atoms with Crippen LogP contribution in [0.3, 0.4) is 0 Å². The molecule has 128 valence electrons. The predicted molar refractivity (Wildman–Crippen MR) is 100 cm³/mol. The first-order valence-corrected chi connectivity index (χ1v) is 8.79.